The first kappa shape index (κ1) is 12.9. The molecule has 2 N–H and O–H groups in total. The molecule has 1 aromatic heterocycles. The molecule has 0 aliphatic heterocycles. The van der Waals surface area contributed by atoms with Crippen LogP contribution in [0.25, 0.3) is 0 Å². The first-order valence-electron chi connectivity index (χ1n) is 4.73. The van der Waals surface area contributed by atoms with Gasteiger partial charge in [-0.25, -0.2) is 13.4 Å². The molecule has 1 rings (SSSR count). The summed E-state index contributed by atoms with van der Waals surface area (Å²) >= 11 is 0. The van der Waals surface area contributed by atoms with E-state index in [4.69, 9.17) is 5.11 Å². The summed E-state index contributed by atoms with van der Waals surface area (Å²) in [6.07, 6.45) is 1.42. The number of likely N-dealkylation sites (N-methyl/N-ethyl adjacent to an activating group) is 1. The molecule has 0 amide bonds. The molecule has 0 aliphatic rings. The van der Waals surface area contributed by atoms with Crippen LogP contribution in [0.1, 0.15) is 0 Å². The fourth-order valence-corrected chi connectivity index (χ4v) is 2.32. The van der Waals surface area contributed by atoms with Crippen molar-refractivity contribution in [2.45, 2.75) is 4.90 Å². The van der Waals surface area contributed by atoms with Gasteiger partial charge in [0, 0.05) is 32.9 Å². The lowest BCUT2D eigenvalue weighted by molar-refractivity contribution is 0.266. The van der Waals surface area contributed by atoms with Crippen molar-refractivity contribution in [2.75, 3.05) is 32.6 Å². The van der Waals surface area contributed by atoms with Crippen LogP contribution in [0.4, 0.5) is 5.82 Å². The number of aliphatic hydroxyl groups excluding tert-OH is 1. The van der Waals surface area contributed by atoms with Crippen LogP contribution in [-0.2, 0) is 10.0 Å². The van der Waals surface area contributed by atoms with Crippen LogP contribution in [0, 0.1) is 0 Å². The second-order valence-corrected chi connectivity index (χ2v) is 5.22. The Morgan fingerprint density at radius 2 is 2.25 bits per heavy atom. The van der Waals surface area contributed by atoms with Crippen LogP contribution in [0.5, 0.6) is 0 Å². The topological polar surface area (TPSA) is 82.5 Å². The van der Waals surface area contributed by atoms with Crippen molar-refractivity contribution >= 4 is 15.8 Å². The molecule has 0 bridgehead atoms. The van der Waals surface area contributed by atoms with Gasteiger partial charge in [0.05, 0.1) is 11.5 Å². The number of sulfonamides is 1. The van der Waals surface area contributed by atoms with Gasteiger partial charge in [0.1, 0.15) is 5.82 Å². The van der Waals surface area contributed by atoms with E-state index in [9.17, 15) is 8.42 Å². The zero-order valence-electron chi connectivity index (χ0n) is 9.21. The average Bonchev–Trinajstić information content (AvgIpc) is 2.29. The quantitative estimate of drug-likeness (QED) is 0.746. The monoisotopic (exact) mass is 245 g/mol. The SMILES string of the molecule is CNc1cc(S(=O)(=O)N(C)CCO)ccn1. The predicted molar refractivity (Wildman–Crippen MR) is 60.7 cm³/mol. The fraction of sp³-hybridized carbons (Fsp3) is 0.444. The van der Waals surface area contributed by atoms with Crippen LogP contribution in [0.3, 0.4) is 0 Å². The maximum absolute atomic E-state index is 11.9. The van der Waals surface area contributed by atoms with E-state index in [0.717, 1.165) is 4.31 Å². The minimum absolute atomic E-state index is 0.0690. The van der Waals surface area contributed by atoms with Crippen molar-refractivity contribution in [1.82, 2.24) is 9.29 Å². The Morgan fingerprint density at radius 3 is 2.81 bits per heavy atom. The predicted octanol–water partition coefficient (Wildman–Crippen LogP) is -0.264. The van der Waals surface area contributed by atoms with E-state index in [2.05, 4.69) is 10.3 Å². The number of hydrogen-bond acceptors (Lipinski definition) is 5. The molecule has 0 aliphatic carbocycles. The van der Waals surface area contributed by atoms with Gasteiger partial charge < -0.3 is 10.4 Å². The molecule has 16 heavy (non-hydrogen) atoms. The largest absolute Gasteiger partial charge is 0.395 e. The van der Waals surface area contributed by atoms with Gasteiger partial charge in [0.2, 0.25) is 10.0 Å². The Labute approximate surface area is 95.0 Å². The Morgan fingerprint density at radius 1 is 1.56 bits per heavy atom. The molecule has 0 saturated heterocycles. The smallest absolute Gasteiger partial charge is 0.243 e. The highest BCUT2D eigenvalue weighted by molar-refractivity contribution is 7.89. The Kier molecular flexibility index (Phi) is 4.22. The second-order valence-electron chi connectivity index (χ2n) is 3.18. The summed E-state index contributed by atoms with van der Waals surface area (Å²) < 4.78 is 25.0. The van der Waals surface area contributed by atoms with Gasteiger partial charge in [0.25, 0.3) is 0 Å². The van der Waals surface area contributed by atoms with Crippen LogP contribution in [0.15, 0.2) is 23.2 Å². The van der Waals surface area contributed by atoms with Crippen molar-refractivity contribution in [3.05, 3.63) is 18.3 Å². The molecule has 6 nitrogen and oxygen atoms in total. The molecular weight excluding hydrogens is 230 g/mol. The first-order chi connectivity index (χ1) is 7.52. The van der Waals surface area contributed by atoms with Crippen molar-refractivity contribution in [3.63, 3.8) is 0 Å². The molecule has 0 radical (unpaired) electrons. The number of nitrogens with one attached hydrogen (secondary N) is 1. The highest BCUT2D eigenvalue weighted by Crippen LogP contribution is 2.15. The number of pyridine rings is 1. The maximum Gasteiger partial charge on any atom is 0.243 e. The minimum atomic E-state index is -3.54. The lowest BCUT2D eigenvalue weighted by Gasteiger charge is -2.15. The number of anilines is 1. The summed E-state index contributed by atoms with van der Waals surface area (Å²) in [5.74, 6) is 0.485. The van der Waals surface area contributed by atoms with Gasteiger partial charge in [0.15, 0.2) is 0 Å². The number of hydrogen-bond donors (Lipinski definition) is 2. The Hall–Kier alpha value is -1.18. The third kappa shape index (κ3) is 2.69. The van der Waals surface area contributed by atoms with Gasteiger partial charge in [-0.2, -0.15) is 4.31 Å². The van der Waals surface area contributed by atoms with Crippen LogP contribution < -0.4 is 5.32 Å². The summed E-state index contributed by atoms with van der Waals surface area (Å²) in [6.45, 7) is -0.140. The minimum Gasteiger partial charge on any atom is -0.395 e. The Bertz CT molecular complexity index is 447. The number of aromatic nitrogens is 1. The number of rotatable bonds is 5. The van der Waals surface area contributed by atoms with Gasteiger partial charge in [-0.3, -0.25) is 0 Å². The van der Waals surface area contributed by atoms with Gasteiger partial charge in [-0.05, 0) is 6.07 Å². The zero-order valence-corrected chi connectivity index (χ0v) is 10.0. The second kappa shape index (κ2) is 5.24. The maximum atomic E-state index is 11.9. The van der Waals surface area contributed by atoms with Crippen LogP contribution in [0.2, 0.25) is 0 Å². The van der Waals surface area contributed by atoms with Gasteiger partial charge >= 0.3 is 0 Å². The number of aliphatic hydroxyl groups is 1. The van der Waals surface area contributed by atoms with Gasteiger partial charge in [-0.15, -0.1) is 0 Å². The third-order valence-electron chi connectivity index (χ3n) is 2.11. The van der Waals surface area contributed by atoms with E-state index < -0.39 is 10.0 Å². The molecule has 0 saturated carbocycles. The molecule has 7 heteroatoms. The van der Waals surface area contributed by atoms with Crippen LogP contribution >= 0.6 is 0 Å². The summed E-state index contributed by atoms with van der Waals surface area (Å²) in [4.78, 5) is 4.09. The lowest BCUT2D eigenvalue weighted by atomic mass is 10.5. The highest BCUT2D eigenvalue weighted by atomic mass is 32.2. The van der Waals surface area contributed by atoms with Crippen molar-refractivity contribution in [1.29, 1.82) is 0 Å². The fourth-order valence-electron chi connectivity index (χ4n) is 1.15. The molecule has 0 unspecified atom stereocenters. The van der Waals surface area contributed by atoms with Crippen LogP contribution in [-0.4, -0.2) is 50.1 Å². The standard InChI is InChI=1S/C9H15N3O3S/c1-10-9-7-8(3-4-11-9)16(14,15)12(2)5-6-13/h3-4,7,13H,5-6H2,1-2H3,(H,10,11). The molecule has 0 spiro atoms. The first-order valence-corrected chi connectivity index (χ1v) is 6.17. The summed E-state index contributed by atoms with van der Waals surface area (Å²) in [6, 6.07) is 2.87. The molecule has 0 atom stereocenters. The van der Waals surface area contributed by atoms with Crippen molar-refractivity contribution < 1.29 is 13.5 Å². The molecule has 0 aromatic carbocycles. The summed E-state index contributed by atoms with van der Waals surface area (Å²) in [7, 11) is -0.456. The summed E-state index contributed by atoms with van der Waals surface area (Å²) in [5.41, 5.74) is 0. The average molecular weight is 245 g/mol. The lowest BCUT2D eigenvalue weighted by Crippen LogP contribution is -2.29. The third-order valence-corrected chi connectivity index (χ3v) is 3.96. The number of nitrogens with zero attached hydrogens (tertiary/aromatic N) is 2. The van der Waals surface area contributed by atoms with Crippen molar-refractivity contribution in [2.24, 2.45) is 0 Å². The van der Waals surface area contributed by atoms with E-state index in [0.29, 0.717) is 5.82 Å². The van der Waals surface area contributed by atoms with Gasteiger partial charge in [-0.1, -0.05) is 0 Å². The van der Waals surface area contributed by atoms with E-state index >= 15 is 0 Å². The highest BCUT2D eigenvalue weighted by Gasteiger charge is 2.20. The molecule has 90 valence electrons. The molecule has 1 heterocycles. The van der Waals surface area contributed by atoms with E-state index in [1.54, 1.807) is 7.05 Å². The molecular formula is C9H15N3O3S. The van der Waals surface area contributed by atoms with E-state index in [1.807, 2.05) is 0 Å². The molecule has 0 fully saturated rings. The zero-order chi connectivity index (χ0) is 12.2. The molecule has 1 aromatic rings. The summed E-state index contributed by atoms with van der Waals surface area (Å²) in [5, 5.41) is 11.5. The Balaban J connectivity index is 3.06. The van der Waals surface area contributed by atoms with Crippen molar-refractivity contribution in [3.8, 4) is 0 Å². The van der Waals surface area contributed by atoms with E-state index in [1.165, 1.54) is 25.4 Å². The van der Waals surface area contributed by atoms with E-state index in [-0.39, 0.29) is 18.0 Å². The normalized spacial score (nSPS) is 11.8.